The molecule has 0 fully saturated rings. The highest BCUT2D eigenvalue weighted by Gasteiger charge is 2.19. The number of carbonyl (C=O) groups is 1. The Morgan fingerprint density at radius 3 is 2.48 bits per heavy atom. The minimum atomic E-state index is -0.586. The van der Waals surface area contributed by atoms with Gasteiger partial charge in [0.1, 0.15) is 5.75 Å². The number of carbonyl (C=O) groups excluding carboxylic acids is 1. The summed E-state index contributed by atoms with van der Waals surface area (Å²) in [6.07, 6.45) is -0.586. The summed E-state index contributed by atoms with van der Waals surface area (Å²) in [5.41, 5.74) is 2.84. The molecule has 4 heteroatoms. The van der Waals surface area contributed by atoms with Gasteiger partial charge in [0.25, 0.3) is 5.91 Å². The molecular formula is C19H20N2O2. The van der Waals surface area contributed by atoms with Crippen molar-refractivity contribution in [2.24, 2.45) is 0 Å². The number of likely N-dealkylation sites (N-methyl/N-ethyl adjacent to an activating group) is 1. The summed E-state index contributed by atoms with van der Waals surface area (Å²) >= 11 is 0. The molecule has 118 valence electrons. The number of hydrogen-bond donors (Lipinski definition) is 0. The lowest BCUT2D eigenvalue weighted by molar-refractivity contribution is -0.137. The van der Waals surface area contributed by atoms with E-state index in [-0.39, 0.29) is 5.91 Å². The third kappa shape index (κ3) is 4.33. The highest BCUT2D eigenvalue weighted by atomic mass is 16.5. The Kier molecular flexibility index (Phi) is 5.37. The Labute approximate surface area is 136 Å². The molecule has 0 radical (unpaired) electrons. The molecule has 23 heavy (non-hydrogen) atoms. The van der Waals surface area contributed by atoms with Gasteiger partial charge < -0.3 is 9.64 Å². The molecule has 0 aliphatic rings. The van der Waals surface area contributed by atoms with E-state index in [9.17, 15) is 4.79 Å². The van der Waals surface area contributed by atoms with Gasteiger partial charge in [-0.25, -0.2) is 0 Å². The van der Waals surface area contributed by atoms with Crippen LogP contribution in [0.25, 0.3) is 0 Å². The van der Waals surface area contributed by atoms with Crippen molar-refractivity contribution in [2.75, 3.05) is 7.05 Å². The number of benzene rings is 2. The van der Waals surface area contributed by atoms with Gasteiger partial charge in [-0.3, -0.25) is 4.79 Å². The largest absolute Gasteiger partial charge is 0.481 e. The molecule has 0 bridgehead atoms. The molecule has 1 atom stereocenters. The third-order valence-corrected chi connectivity index (χ3v) is 3.69. The Bertz CT molecular complexity index is 717. The van der Waals surface area contributed by atoms with Crippen molar-refractivity contribution in [2.45, 2.75) is 26.5 Å². The first-order chi connectivity index (χ1) is 11.0. The summed E-state index contributed by atoms with van der Waals surface area (Å²) < 4.78 is 5.66. The van der Waals surface area contributed by atoms with Gasteiger partial charge in [-0.2, -0.15) is 5.26 Å². The van der Waals surface area contributed by atoms with Crippen LogP contribution in [0.5, 0.6) is 5.75 Å². The predicted octanol–water partition coefficient (Wildman–Crippen LogP) is 3.29. The molecule has 2 rings (SSSR count). The van der Waals surface area contributed by atoms with E-state index >= 15 is 0 Å². The van der Waals surface area contributed by atoms with Gasteiger partial charge in [0.15, 0.2) is 6.10 Å². The number of ether oxygens (including phenoxy) is 1. The second-order valence-corrected chi connectivity index (χ2v) is 5.52. The molecule has 0 spiro atoms. The lowest BCUT2D eigenvalue weighted by Gasteiger charge is -2.23. The van der Waals surface area contributed by atoms with E-state index in [0.717, 1.165) is 11.1 Å². The Morgan fingerprint density at radius 1 is 1.22 bits per heavy atom. The van der Waals surface area contributed by atoms with E-state index < -0.39 is 6.10 Å². The van der Waals surface area contributed by atoms with Crippen molar-refractivity contribution in [3.63, 3.8) is 0 Å². The monoisotopic (exact) mass is 308 g/mol. The molecule has 0 N–H and O–H groups in total. The van der Waals surface area contributed by atoms with Gasteiger partial charge in [-0.1, -0.05) is 24.3 Å². The van der Waals surface area contributed by atoms with E-state index in [1.165, 1.54) is 0 Å². The van der Waals surface area contributed by atoms with Gasteiger partial charge in [-0.15, -0.1) is 0 Å². The average Bonchev–Trinajstić information content (AvgIpc) is 2.56. The fourth-order valence-corrected chi connectivity index (χ4v) is 2.29. The molecule has 0 aromatic heterocycles. The van der Waals surface area contributed by atoms with Crippen LogP contribution in [0.2, 0.25) is 0 Å². The highest BCUT2D eigenvalue weighted by molar-refractivity contribution is 5.80. The van der Waals surface area contributed by atoms with E-state index in [0.29, 0.717) is 17.9 Å². The normalized spacial score (nSPS) is 11.4. The predicted molar refractivity (Wildman–Crippen MR) is 88.9 cm³/mol. The quantitative estimate of drug-likeness (QED) is 0.851. The second-order valence-electron chi connectivity index (χ2n) is 5.52. The third-order valence-electron chi connectivity index (χ3n) is 3.69. The number of aryl methyl sites for hydroxylation is 1. The van der Waals surface area contributed by atoms with Gasteiger partial charge in [0.2, 0.25) is 0 Å². The van der Waals surface area contributed by atoms with Crippen LogP contribution < -0.4 is 4.74 Å². The molecule has 0 saturated carbocycles. The van der Waals surface area contributed by atoms with Crippen molar-refractivity contribution in [3.05, 3.63) is 65.2 Å². The van der Waals surface area contributed by atoms with Crippen LogP contribution in [0.4, 0.5) is 0 Å². The molecule has 1 amide bonds. The Balaban J connectivity index is 1.98. The van der Waals surface area contributed by atoms with Crippen molar-refractivity contribution < 1.29 is 9.53 Å². The first-order valence-electron chi connectivity index (χ1n) is 7.47. The number of nitriles is 1. The van der Waals surface area contributed by atoms with Crippen molar-refractivity contribution in [1.82, 2.24) is 4.90 Å². The smallest absolute Gasteiger partial charge is 0.263 e. The average molecular weight is 308 g/mol. The molecule has 2 aromatic carbocycles. The van der Waals surface area contributed by atoms with Crippen molar-refractivity contribution >= 4 is 5.91 Å². The van der Waals surface area contributed by atoms with E-state index in [4.69, 9.17) is 10.00 Å². The highest BCUT2D eigenvalue weighted by Crippen LogP contribution is 2.15. The zero-order valence-electron chi connectivity index (χ0n) is 13.6. The van der Waals surface area contributed by atoms with Crippen LogP contribution in [-0.2, 0) is 11.3 Å². The maximum atomic E-state index is 12.4. The molecule has 0 heterocycles. The van der Waals surface area contributed by atoms with Crippen LogP contribution >= 0.6 is 0 Å². The van der Waals surface area contributed by atoms with E-state index in [1.54, 1.807) is 43.1 Å². The first-order valence-corrected chi connectivity index (χ1v) is 7.47. The number of rotatable bonds is 5. The van der Waals surface area contributed by atoms with Gasteiger partial charge in [0.05, 0.1) is 11.6 Å². The molecule has 0 aliphatic heterocycles. The van der Waals surface area contributed by atoms with Crippen LogP contribution in [0.15, 0.2) is 48.5 Å². The topological polar surface area (TPSA) is 53.3 Å². The summed E-state index contributed by atoms with van der Waals surface area (Å²) in [4.78, 5) is 14.1. The van der Waals surface area contributed by atoms with Crippen LogP contribution in [0.1, 0.15) is 23.6 Å². The van der Waals surface area contributed by atoms with Gasteiger partial charge >= 0.3 is 0 Å². The van der Waals surface area contributed by atoms with Crippen LogP contribution in [-0.4, -0.2) is 24.0 Å². The first kappa shape index (κ1) is 16.6. The lowest BCUT2D eigenvalue weighted by Crippen LogP contribution is -2.37. The summed E-state index contributed by atoms with van der Waals surface area (Å²) in [5.74, 6) is 0.492. The number of amides is 1. The fourth-order valence-electron chi connectivity index (χ4n) is 2.29. The molecule has 0 aliphatic carbocycles. The van der Waals surface area contributed by atoms with Crippen molar-refractivity contribution in [3.8, 4) is 11.8 Å². The number of hydrogen-bond acceptors (Lipinski definition) is 3. The summed E-state index contributed by atoms with van der Waals surface area (Å²) in [7, 11) is 1.77. The van der Waals surface area contributed by atoms with Crippen LogP contribution in [0.3, 0.4) is 0 Å². The van der Waals surface area contributed by atoms with Gasteiger partial charge in [-0.05, 0) is 49.2 Å². The Morgan fingerprint density at radius 2 is 1.87 bits per heavy atom. The molecular weight excluding hydrogens is 288 g/mol. The summed E-state index contributed by atoms with van der Waals surface area (Å²) in [6.45, 7) is 4.31. The van der Waals surface area contributed by atoms with Gasteiger partial charge in [0, 0.05) is 13.6 Å². The zero-order valence-corrected chi connectivity index (χ0v) is 13.6. The fraction of sp³-hybridized carbons (Fsp3) is 0.263. The molecule has 1 unspecified atom stereocenters. The summed E-state index contributed by atoms with van der Waals surface area (Å²) in [6, 6.07) is 16.8. The zero-order chi connectivity index (χ0) is 16.8. The SMILES string of the molecule is Cc1ccccc1CN(C)C(=O)C(C)Oc1ccc(C#N)cc1. The van der Waals surface area contributed by atoms with E-state index in [1.807, 2.05) is 31.2 Å². The van der Waals surface area contributed by atoms with Crippen molar-refractivity contribution in [1.29, 1.82) is 5.26 Å². The molecule has 2 aromatic rings. The number of nitrogens with zero attached hydrogens (tertiary/aromatic N) is 2. The van der Waals surface area contributed by atoms with Crippen LogP contribution in [0, 0.1) is 18.3 Å². The minimum absolute atomic E-state index is 0.0855. The van der Waals surface area contributed by atoms with E-state index in [2.05, 4.69) is 6.07 Å². The Hall–Kier alpha value is -2.80. The minimum Gasteiger partial charge on any atom is -0.481 e. The standard InChI is InChI=1S/C19H20N2O2/c1-14-6-4-5-7-17(14)13-21(3)19(22)15(2)23-18-10-8-16(12-20)9-11-18/h4-11,15H,13H2,1-3H3. The molecule has 4 nitrogen and oxygen atoms in total. The maximum absolute atomic E-state index is 12.4. The summed E-state index contributed by atoms with van der Waals surface area (Å²) in [5, 5.41) is 8.78. The maximum Gasteiger partial charge on any atom is 0.263 e. The lowest BCUT2D eigenvalue weighted by atomic mass is 10.1. The molecule has 0 saturated heterocycles. The second kappa shape index (κ2) is 7.46.